The molecular formula is C15H24N4O2. The number of carbonyl (C=O) groups is 1. The highest BCUT2D eigenvalue weighted by Gasteiger charge is 2.10. The van der Waals surface area contributed by atoms with Crippen LogP contribution in [-0.4, -0.2) is 61.7 Å². The van der Waals surface area contributed by atoms with E-state index in [0.717, 1.165) is 51.6 Å². The molecule has 2 N–H and O–H groups in total. The van der Waals surface area contributed by atoms with E-state index in [9.17, 15) is 4.79 Å². The molecule has 0 radical (unpaired) electrons. The third kappa shape index (κ3) is 5.32. The molecule has 2 heterocycles. The van der Waals surface area contributed by atoms with Crippen molar-refractivity contribution >= 4 is 11.7 Å². The van der Waals surface area contributed by atoms with Crippen LogP contribution in [0.1, 0.15) is 23.8 Å². The minimum absolute atomic E-state index is 0.117. The number of nitrogens with zero attached hydrogens (tertiary/aromatic N) is 2. The summed E-state index contributed by atoms with van der Waals surface area (Å²) in [6.45, 7) is 8.05. The molecule has 1 aromatic rings. The van der Waals surface area contributed by atoms with Gasteiger partial charge >= 0.3 is 0 Å². The SMILES string of the molecule is CCCNC(=O)c1cccc(NCCN2CCOCC2)n1. The van der Waals surface area contributed by atoms with Crippen molar-refractivity contribution in [1.29, 1.82) is 0 Å². The lowest BCUT2D eigenvalue weighted by molar-refractivity contribution is 0.0398. The Hall–Kier alpha value is -1.66. The van der Waals surface area contributed by atoms with E-state index in [0.29, 0.717) is 12.2 Å². The molecule has 1 amide bonds. The molecule has 21 heavy (non-hydrogen) atoms. The van der Waals surface area contributed by atoms with Crippen LogP contribution >= 0.6 is 0 Å². The Kier molecular flexibility index (Phi) is 6.43. The number of amides is 1. The van der Waals surface area contributed by atoms with Gasteiger partial charge in [-0.15, -0.1) is 0 Å². The van der Waals surface area contributed by atoms with Crippen LogP contribution in [0.3, 0.4) is 0 Å². The highest BCUT2D eigenvalue weighted by Crippen LogP contribution is 2.05. The average molecular weight is 292 g/mol. The van der Waals surface area contributed by atoms with E-state index in [1.54, 1.807) is 6.07 Å². The van der Waals surface area contributed by atoms with Gasteiger partial charge < -0.3 is 15.4 Å². The zero-order chi connectivity index (χ0) is 14.9. The molecule has 1 aliphatic heterocycles. The van der Waals surface area contributed by atoms with Crippen LogP contribution in [0.4, 0.5) is 5.82 Å². The first-order chi connectivity index (χ1) is 10.3. The van der Waals surface area contributed by atoms with E-state index >= 15 is 0 Å². The van der Waals surface area contributed by atoms with Crippen LogP contribution in [0.25, 0.3) is 0 Å². The summed E-state index contributed by atoms with van der Waals surface area (Å²) < 4.78 is 5.32. The second kappa shape index (κ2) is 8.59. The van der Waals surface area contributed by atoms with Crippen LogP contribution < -0.4 is 10.6 Å². The Balaban J connectivity index is 1.78. The molecule has 2 rings (SSSR count). The lowest BCUT2D eigenvalue weighted by atomic mass is 10.3. The third-order valence-corrected chi connectivity index (χ3v) is 3.36. The minimum atomic E-state index is -0.117. The summed E-state index contributed by atoms with van der Waals surface area (Å²) in [4.78, 5) is 18.6. The van der Waals surface area contributed by atoms with Crippen molar-refractivity contribution in [3.8, 4) is 0 Å². The molecule has 1 fully saturated rings. The summed E-state index contributed by atoms with van der Waals surface area (Å²) in [5.74, 6) is 0.626. The van der Waals surface area contributed by atoms with Crippen molar-refractivity contribution in [2.45, 2.75) is 13.3 Å². The van der Waals surface area contributed by atoms with Crippen LogP contribution in [0.5, 0.6) is 0 Å². The number of rotatable bonds is 7. The fraction of sp³-hybridized carbons (Fsp3) is 0.600. The zero-order valence-corrected chi connectivity index (χ0v) is 12.6. The van der Waals surface area contributed by atoms with Gasteiger partial charge in [0.2, 0.25) is 0 Å². The minimum Gasteiger partial charge on any atom is -0.379 e. The first-order valence-electron chi connectivity index (χ1n) is 7.59. The molecular weight excluding hydrogens is 268 g/mol. The van der Waals surface area contributed by atoms with E-state index in [2.05, 4.69) is 20.5 Å². The number of hydrogen-bond donors (Lipinski definition) is 2. The van der Waals surface area contributed by atoms with E-state index in [4.69, 9.17) is 4.74 Å². The normalized spacial score (nSPS) is 15.7. The second-order valence-electron chi connectivity index (χ2n) is 5.04. The standard InChI is InChI=1S/C15H24N4O2/c1-2-6-17-15(20)13-4-3-5-14(18-13)16-7-8-19-9-11-21-12-10-19/h3-5H,2,6-12H2,1H3,(H,16,18)(H,17,20). The van der Waals surface area contributed by atoms with E-state index in [1.807, 2.05) is 19.1 Å². The second-order valence-corrected chi connectivity index (χ2v) is 5.04. The van der Waals surface area contributed by atoms with Crippen LogP contribution in [0, 0.1) is 0 Å². The molecule has 0 spiro atoms. The molecule has 1 aromatic heterocycles. The number of hydrogen-bond acceptors (Lipinski definition) is 5. The molecule has 1 aliphatic rings. The highest BCUT2D eigenvalue weighted by atomic mass is 16.5. The Labute approximate surface area is 125 Å². The van der Waals surface area contributed by atoms with Gasteiger partial charge in [0, 0.05) is 32.7 Å². The predicted octanol–water partition coefficient (Wildman–Crippen LogP) is 0.966. The first kappa shape index (κ1) is 15.7. The summed E-state index contributed by atoms with van der Waals surface area (Å²) in [7, 11) is 0. The lowest BCUT2D eigenvalue weighted by Gasteiger charge is -2.26. The molecule has 0 unspecified atom stereocenters. The number of anilines is 1. The molecule has 0 bridgehead atoms. The fourth-order valence-electron chi connectivity index (χ4n) is 2.16. The number of carbonyl (C=O) groups excluding carboxylic acids is 1. The van der Waals surface area contributed by atoms with Crippen molar-refractivity contribution < 1.29 is 9.53 Å². The number of morpholine rings is 1. The van der Waals surface area contributed by atoms with Gasteiger partial charge in [0.05, 0.1) is 13.2 Å². The van der Waals surface area contributed by atoms with Gasteiger partial charge in [0.1, 0.15) is 11.5 Å². The molecule has 116 valence electrons. The summed E-state index contributed by atoms with van der Waals surface area (Å²) in [5, 5.41) is 6.10. The molecule has 1 saturated heterocycles. The molecule has 6 heteroatoms. The highest BCUT2D eigenvalue weighted by molar-refractivity contribution is 5.92. The quantitative estimate of drug-likeness (QED) is 0.784. The van der Waals surface area contributed by atoms with Crippen molar-refractivity contribution in [1.82, 2.24) is 15.2 Å². The summed E-state index contributed by atoms with van der Waals surface area (Å²) in [5.41, 5.74) is 0.458. The zero-order valence-electron chi connectivity index (χ0n) is 12.6. The average Bonchev–Trinajstić information content (AvgIpc) is 2.54. The van der Waals surface area contributed by atoms with E-state index in [-0.39, 0.29) is 5.91 Å². The van der Waals surface area contributed by atoms with Gasteiger partial charge in [-0.2, -0.15) is 0 Å². The fourth-order valence-corrected chi connectivity index (χ4v) is 2.16. The van der Waals surface area contributed by atoms with Crippen molar-refractivity contribution in [3.63, 3.8) is 0 Å². The van der Waals surface area contributed by atoms with Gasteiger partial charge in [0.25, 0.3) is 5.91 Å². The lowest BCUT2D eigenvalue weighted by Crippen LogP contribution is -2.39. The van der Waals surface area contributed by atoms with Gasteiger partial charge in [-0.25, -0.2) is 4.98 Å². The van der Waals surface area contributed by atoms with Gasteiger partial charge in [-0.05, 0) is 18.6 Å². The maximum Gasteiger partial charge on any atom is 0.269 e. The van der Waals surface area contributed by atoms with Crippen LogP contribution in [0.15, 0.2) is 18.2 Å². The summed E-state index contributed by atoms with van der Waals surface area (Å²) in [6.07, 6.45) is 0.920. The number of nitrogens with one attached hydrogen (secondary N) is 2. The maximum atomic E-state index is 11.9. The van der Waals surface area contributed by atoms with Crippen molar-refractivity contribution in [3.05, 3.63) is 23.9 Å². The summed E-state index contributed by atoms with van der Waals surface area (Å²) in [6, 6.07) is 5.47. The van der Waals surface area contributed by atoms with E-state index in [1.165, 1.54) is 0 Å². The Bertz CT molecular complexity index is 447. The molecule has 0 aliphatic carbocycles. The Morgan fingerprint density at radius 2 is 2.14 bits per heavy atom. The maximum absolute atomic E-state index is 11.9. The smallest absolute Gasteiger partial charge is 0.269 e. The van der Waals surface area contributed by atoms with Gasteiger partial charge in [-0.1, -0.05) is 13.0 Å². The molecule has 6 nitrogen and oxygen atoms in total. The monoisotopic (exact) mass is 292 g/mol. The predicted molar refractivity (Wildman–Crippen MR) is 82.6 cm³/mol. The van der Waals surface area contributed by atoms with Crippen LogP contribution in [-0.2, 0) is 4.74 Å². The van der Waals surface area contributed by atoms with Crippen molar-refractivity contribution in [2.75, 3.05) is 51.3 Å². The molecule has 0 atom stereocenters. The number of pyridine rings is 1. The first-order valence-corrected chi connectivity index (χ1v) is 7.59. The molecule has 0 saturated carbocycles. The van der Waals surface area contributed by atoms with Crippen LogP contribution in [0.2, 0.25) is 0 Å². The number of ether oxygens (including phenoxy) is 1. The Morgan fingerprint density at radius 3 is 2.90 bits per heavy atom. The van der Waals surface area contributed by atoms with Gasteiger partial charge in [0.15, 0.2) is 0 Å². The molecule has 0 aromatic carbocycles. The topological polar surface area (TPSA) is 66.5 Å². The van der Waals surface area contributed by atoms with E-state index < -0.39 is 0 Å². The number of aromatic nitrogens is 1. The summed E-state index contributed by atoms with van der Waals surface area (Å²) >= 11 is 0. The third-order valence-electron chi connectivity index (χ3n) is 3.36. The van der Waals surface area contributed by atoms with Gasteiger partial charge in [-0.3, -0.25) is 9.69 Å². The Morgan fingerprint density at radius 1 is 1.33 bits per heavy atom. The largest absolute Gasteiger partial charge is 0.379 e. The van der Waals surface area contributed by atoms with Crippen molar-refractivity contribution in [2.24, 2.45) is 0 Å².